The molecule has 1 heteroatoms. The van der Waals surface area contributed by atoms with Crippen LogP contribution < -0.4 is 5.73 Å². The molecule has 0 heterocycles. The molecule has 0 saturated heterocycles. The van der Waals surface area contributed by atoms with Crippen LogP contribution in [0.25, 0.3) is 0 Å². The number of allylic oxidation sites excluding steroid dienone is 1. The smallest absolute Gasteiger partial charge is 0.0250 e. The molecule has 0 spiro atoms. The highest BCUT2D eigenvalue weighted by Crippen LogP contribution is 2.20. The Morgan fingerprint density at radius 2 is 2.40 bits per heavy atom. The number of nitrogens with two attached hydrogens (primary N) is 1. The van der Waals surface area contributed by atoms with Gasteiger partial charge in [0.15, 0.2) is 0 Å². The van der Waals surface area contributed by atoms with E-state index in [0.29, 0.717) is 6.04 Å². The Labute approximate surface area is 63.3 Å². The van der Waals surface area contributed by atoms with Crippen LogP contribution in [-0.2, 0) is 0 Å². The van der Waals surface area contributed by atoms with Gasteiger partial charge in [0.05, 0.1) is 0 Å². The van der Waals surface area contributed by atoms with E-state index < -0.39 is 0 Å². The summed E-state index contributed by atoms with van der Waals surface area (Å²) >= 11 is 0. The van der Waals surface area contributed by atoms with Crippen molar-refractivity contribution in [2.45, 2.75) is 45.1 Å². The molecule has 0 amide bonds. The van der Waals surface area contributed by atoms with Crippen molar-refractivity contribution in [3.8, 4) is 0 Å². The first kappa shape index (κ1) is 7.80. The molecule has 1 unspecified atom stereocenters. The lowest BCUT2D eigenvalue weighted by atomic mass is 9.93. The van der Waals surface area contributed by atoms with E-state index in [1.54, 1.807) is 0 Å². The minimum atomic E-state index is 0.347. The van der Waals surface area contributed by atoms with E-state index in [0.717, 1.165) is 6.42 Å². The summed E-state index contributed by atoms with van der Waals surface area (Å²) in [7, 11) is 0. The van der Waals surface area contributed by atoms with Gasteiger partial charge in [0, 0.05) is 6.04 Å². The highest BCUT2D eigenvalue weighted by Gasteiger charge is 2.08. The van der Waals surface area contributed by atoms with E-state index in [4.69, 9.17) is 5.73 Å². The van der Waals surface area contributed by atoms with Gasteiger partial charge in [0.25, 0.3) is 0 Å². The lowest BCUT2D eigenvalue weighted by Gasteiger charge is -2.17. The van der Waals surface area contributed by atoms with Crippen molar-refractivity contribution in [3.63, 3.8) is 0 Å². The molecule has 1 atom stereocenters. The first-order valence-corrected chi connectivity index (χ1v) is 4.29. The number of hydrogen-bond donors (Lipinski definition) is 1. The van der Waals surface area contributed by atoms with E-state index in [1.165, 1.54) is 31.3 Å². The summed E-state index contributed by atoms with van der Waals surface area (Å²) in [5, 5.41) is 0. The van der Waals surface area contributed by atoms with Crippen LogP contribution in [0.3, 0.4) is 0 Å². The summed E-state index contributed by atoms with van der Waals surface area (Å²) in [5.41, 5.74) is 7.37. The van der Waals surface area contributed by atoms with Crippen LogP contribution in [-0.4, -0.2) is 6.04 Å². The monoisotopic (exact) mass is 139 g/mol. The minimum absolute atomic E-state index is 0.347. The lowest BCUT2D eigenvalue weighted by Crippen LogP contribution is -2.22. The second-order valence-corrected chi connectivity index (χ2v) is 3.04. The van der Waals surface area contributed by atoms with Gasteiger partial charge in [0.2, 0.25) is 0 Å². The lowest BCUT2D eigenvalue weighted by molar-refractivity contribution is 0.622. The van der Waals surface area contributed by atoms with Gasteiger partial charge < -0.3 is 5.73 Å². The van der Waals surface area contributed by atoms with Crippen molar-refractivity contribution in [3.05, 3.63) is 11.6 Å². The van der Waals surface area contributed by atoms with Gasteiger partial charge in [-0.15, -0.1) is 0 Å². The molecule has 1 nitrogen and oxygen atoms in total. The van der Waals surface area contributed by atoms with Crippen molar-refractivity contribution in [1.29, 1.82) is 0 Å². The fourth-order valence-electron chi connectivity index (χ4n) is 1.46. The maximum Gasteiger partial charge on any atom is 0.0250 e. The first-order valence-electron chi connectivity index (χ1n) is 4.29. The Morgan fingerprint density at radius 3 is 2.90 bits per heavy atom. The molecule has 0 aliphatic heterocycles. The van der Waals surface area contributed by atoms with Crippen molar-refractivity contribution in [2.75, 3.05) is 0 Å². The maximum absolute atomic E-state index is 5.88. The van der Waals surface area contributed by atoms with E-state index in [2.05, 4.69) is 13.0 Å². The Morgan fingerprint density at radius 1 is 1.60 bits per heavy atom. The molecule has 58 valence electrons. The van der Waals surface area contributed by atoms with Crippen LogP contribution in [0.1, 0.15) is 39.0 Å². The van der Waals surface area contributed by atoms with Crippen molar-refractivity contribution < 1.29 is 0 Å². The Hall–Kier alpha value is -0.300. The zero-order valence-corrected chi connectivity index (χ0v) is 6.77. The van der Waals surface area contributed by atoms with Crippen molar-refractivity contribution in [1.82, 2.24) is 0 Å². The Bertz CT molecular complexity index is 127. The number of hydrogen-bond acceptors (Lipinski definition) is 1. The molecule has 0 radical (unpaired) electrons. The fourth-order valence-corrected chi connectivity index (χ4v) is 1.46. The Kier molecular flexibility index (Phi) is 2.94. The zero-order chi connectivity index (χ0) is 7.40. The highest BCUT2D eigenvalue weighted by atomic mass is 14.6. The van der Waals surface area contributed by atoms with E-state index in [1.807, 2.05) is 0 Å². The van der Waals surface area contributed by atoms with Crippen LogP contribution >= 0.6 is 0 Å². The predicted molar refractivity (Wildman–Crippen MR) is 44.8 cm³/mol. The molecule has 1 rings (SSSR count). The normalized spacial score (nSPS) is 22.0. The molecule has 1 aliphatic rings. The van der Waals surface area contributed by atoms with Crippen LogP contribution in [0.4, 0.5) is 0 Å². The highest BCUT2D eigenvalue weighted by molar-refractivity contribution is 5.11. The maximum atomic E-state index is 5.88. The van der Waals surface area contributed by atoms with Gasteiger partial charge in [-0.1, -0.05) is 18.6 Å². The van der Waals surface area contributed by atoms with Gasteiger partial charge in [-0.3, -0.25) is 0 Å². The second kappa shape index (κ2) is 3.77. The average Bonchev–Trinajstić information content (AvgIpc) is 2.05. The summed E-state index contributed by atoms with van der Waals surface area (Å²) in [6, 6.07) is 0.347. The van der Waals surface area contributed by atoms with Crippen LogP contribution in [0, 0.1) is 0 Å². The van der Waals surface area contributed by atoms with E-state index in [9.17, 15) is 0 Å². The van der Waals surface area contributed by atoms with Crippen LogP contribution in [0.15, 0.2) is 11.6 Å². The molecule has 0 bridgehead atoms. The SMILES string of the molecule is CCC(N)C1=CCCCC1. The molecule has 10 heavy (non-hydrogen) atoms. The van der Waals surface area contributed by atoms with Gasteiger partial charge in [-0.2, -0.15) is 0 Å². The minimum Gasteiger partial charge on any atom is -0.324 e. The van der Waals surface area contributed by atoms with Crippen molar-refractivity contribution >= 4 is 0 Å². The first-order chi connectivity index (χ1) is 4.84. The van der Waals surface area contributed by atoms with E-state index in [-0.39, 0.29) is 0 Å². The largest absolute Gasteiger partial charge is 0.324 e. The summed E-state index contributed by atoms with van der Waals surface area (Å²) in [6.45, 7) is 2.15. The summed E-state index contributed by atoms with van der Waals surface area (Å²) < 4.78 is 0. The Balaban J connectivity index is 2.44. The van der Waals surface area contributed by atoms with Crippen molar-refractivity contribution in [2.24, 2.45) is 5.73 Å². The molecule has 0 saturated carbocycles. The third kappa shape index (κ3) is 1.84. The van der Waals surface area contributed by atoms with Crippen LogP contribution in [0.2, 0.25) is 0 Å². The average molecular weight is 139 g/mol. The van der Waals surface area contributed by atoms with E-state index >= 15 is 0 Å². The fraction of sp³-hybridized carbons (Fsp3) is 0.778. The zero-order valence-electron chi connectivity index (χ0n) is 6.77. The molecule has 0 aromatic heterocycles. The van der Waals surface area contributed by atoms with Gasteiger partial charge in [-0.05, 0) is 32.1 Å². The molecule has 1 aliphatic carbocycles. The molecular formula is C9H17N. The van der Waals surface area contributed by atoms with Gasteiger partial charge in [-0.25, -0.2) is 0 Å². The summed E-state index contributed by atoms with van der Waals surface area (Å²) in [6.07, 6.45) is 8.63. The van der Waals surface area contributed by atoms with Gasteiger partial charge >= 0.3 is 0 Å². The number of rotatable bonds is 2. The standard InChI is InChI=1S/C9H17N/c1-2-9(10)8-6-4-3-5-7-8/h6,9H,2-5,7,10H2,1H3. The third-order valence-electron chi connectivity index (χ3n) is 2.24. The summed E-state index contributed by atoms with van der Waals surface area (Å²) in [5.74, 6) is 0. The third-order valence-corrected chi connectivity index (χ3v) is 2.24. The predicted octanol–water partition coefficient (Wildman–Crippen LogP) is 2.22. The molecule has 0 aromatic carbocycles. The molecule has 0 aromatic rings. The summed E-state index contributed by atoms with van der Waals surface area (Å²) in [4.78, 5) is 0. The topological polar surface area (TPSA) is 26.0 Å². The van der Waals surface area contributed by atoms with Gasteiger partial charge in [0.1, 0.15) is 0 Å². The quantitative estimate of drug-likeness (QED) is 0.583. The molecular weight excluding hydrogens is 122 g/mol. The molecule has 0 fully saturated rings. The molecule has 2 N–H and O–H groups in total. The van der Waals surface area contributed by atoms with Crippen LogP contribution in [0.5, 0.6) is 0 Å². The second-order valence-electron chi connectivity index (χ2n) is 3.04.